The minimum atomic E-state index is -0.936. The maximum Gasteiger partial charge on any atom is 0.308 e. The highest BCUT2D eigenvalue weighted by Gasteiger charge is 2.39. The number of aromatic hydroxyl groups is 1. The van der Waals surface area contributed by atoms with Crippen LogP contribution in [0, 0.1) is 18.8 Å². The Bertz CT molecular complexity index is 1640. The lowest BCUT2D eigenvalue weighted by Crippen LogP contribution is -2.53. The molecule has 282 valence electrons. The van der Waals surface area contributed by atoms with Gasteiger partial charge in [0.05, 0.1) is 18.2 Å². The Morgan fingerprint density at radius 2 is 1.56 bits per heavy atom. The van der Waals surface area contributed by atoms with Crippen LogP contribution in [0.4, 0.5) is 11.4 Å². The van der Waals surface area contributed by atoms with Gasteiger partial charge in [-0.05, 0) is 74.4 Å². The lowest BCUT2D eigenvalue weighted by Gasteiger charge is -2.29. The van der Waals surface area contributed by atoms with Crippen molar-refractivity contribution in [2.24, 2.45) is 11.8 Å². The van der Waals surface area contributed by atoms with Crippen molar-refractivity contribution in [1.82, 2.24) is 10.6 Å². The van der Waals surface area contributed by atoms with Crippen molar-refractivity contribution < 1.29 is 33.8 Å². The number of phenols is 1. The van der Waals surface area contributed by atoms with E-state index in [9.17, 15) is 29.1 Å². The van der Waals surface area contributed by atoms with Gasteiger partial charge < -0.3 is 31.1 Å². The molecule has 11 heteroatoms. The number of esters is 1. The molecule has 1 aliphatic heterocycles. The van der Waals surface area contributed by atoms with Gasteiger partial charge in [0.1, 0.15) is 30.2 Å². The predicted octanol–water partition coefficient (Wildman–Crippen LogP) is 6.15. The van der Waals surface area contributed by atoms with E-state index < -0.39 is 35.9 Å². The summed E-state index contributed by atoms with van der Waals surface area (Å²) in [6, 6.07) is 20.2. The molecule has 0 bridgehead atoms. The van der Waals surface area contributed by atoms with E-state index in [0.29, 0.717) is 5.69 Å². The number of anilines is 2. The zero-order valence-corrected chi connectivity index (χ0v) is 31.8. The van der Waals surface area contributed by atoms with Gasteiger partial charge in [-0.3, -0.25) is 24.0 Å². The summed E-state index contributed by atoms with van der Waals surface area (Å²) in [5.41, 5.74) is 8.66. The van der Waals surface area contributed by atoms with Crippen molar-refractivity contribution in [3.8, 4) is 5.75 Å². The van der Waals surface area contributed by atoms with Crippen LogP contribution in [-0.4, -0.2) is 59.3 Å². The number of para-hydroxylation sites is 1. The Hall–Kier alpha value is -5.19. The van der Waals surface area contributed by atoms with Crippen molar-refractivity contribution in [2.75, 3.05) is 17.2 Å². The zero-order chi connectivity index (χ0) is 39.0. The predicted molar refractivity (Wildman–Crippen MR) is 205 cm³/mol. The molecule has 1 aliphatic rings. The second-order valence-corrected chi connectivity index (χ2v) is 13.2. The van der Waals surface area contributed by atoms with Gasteiger partial charge in [0.2, 0.25) is 11.8 Å². The number of cyclic esters (lactones) is 1. The zero-order valence-electron chi connectivity index (χ0n) is 31.8. The van der Waals surface area contributed by atoms with E-state index in [0.717, 1.165) is 18.4 Å². The number of ether oxygens (including phenoxy) is 1. The number of carbonyl (C=O) groups excluding carboxylic acids is 5. The van der Waals surface area contributed by atoms with Crippen molar-refractivity contribution in [1.29, 1.82) is 0 Å². The van der Waals surface area contributed by atoms with Crippen LogP contribution in [0.2, 0.25) is 0 Å². The third kappa shape index (κ3) is 13.2. The maximum atomic E-state index is 13.7. The number of phenolic OH excluding ortho intramolecular Hbond substituents is 1. The summed E-state index contributed by atoms with van der Waals surface area (Å²) < 4.78 is 5.43. The molecule has 4 unspecified atom stereocenters. The van der Waals surface area contributed by atoms with Crippen LogP contribution < -0.4 is 21.3 Å². The minimum Gasteiger partial charge on any atom is -0.506 e. The first kappa shape index (κ1) is 43.0. The van der Waals surface area contributed by atoms with Gasteiger partial charge in [-0.25, -0.2) is 0 Å². The molecule has 1 saturated heterocycles. The molecule has 0 saturated carbocycles. The number of nitrogens with two attached hydrogens (primary N) is 1. The van der Waals surface area contributed by atoms with Crippen molar-refractivity contribution in [2.45, 2.75) is 99.3 Å². The summed E-state index contributed by atoms with van der Waals surface area (Å²) in [5, 5.41) is 15.2. The van der Waals surface area contributed by atoms with E-state index in [1.165, 1.54) is 28.7 Å². The number of rotatable bonds is 12. The van der Waals surface area contributed by atoms with Gasteiger partial charge in [-0.1, -0.05) is 90.1 Å². The number of nitrogen functional groups attached to an aromatic ring is 1. The monoisotopic (exact) mass is 716 g/mol. The highest BCUT2D eigenvalue weighted by Crippen LogP contribution is 2.25. The number of hydrogen-bond donors (Lipinski definition) is 4. The minimum absolute atomic E-state index is 0.0419. The highest BCUT2D eigenvalue weighted by atomic mass is 16.6. The van der Waals surface area contributed by atoms with Gasteiger partial charge in [0.15, 0.2) is 0 Å². The molecule has 4 atom stereocenters. The van der Waals surface area contributed by atoms with Crippen molar-refractivity contribution in [3.05, 3.63) is 89.5 Å². The van der Waals surface area contributed by atoms with Crippen LogP contribution in [0.15, 0.2) is 72.8 Å². The average molecular weight is 717 g/mol. The van der Waals surface area contributed by atoms with Gasteiger partial charge in [0, 0.05) is 17.2 Å². The van der Waals surface area contributed by atoms with Crippen LogP contribution in [0.25, 0.3) is 0 Å². The average Bonchev–Trinajstić information content (AvgIpc) is 3.50. The van der Waals surface area contributed by atoms with E-state index in [1.54, 1.807) is 26.0 Å². The molecule has 4 rings (SSSR count). The van der Waals surface area contributed by atoms with Crippen molar-refractivity contribution >= 4 is 40.8 Å². The second kappa shape index (κ2) is 21.2. The molecule has 0 aromatic heterocycles. The fourth-order valence-electron chi connectivity index (χ4n) is 5.18. The van der Waals surface area contributed by atoms with E-state index in [1.807, 2.05) is 52.8 Å². The Kier molecular flexibility index (Phi) is 17.6. The van der Waals surface area contributed by atoms with Gasteiger partial charge >= 0.3 is 5.97 Å². The van der Waals surface area contributed by atoms with Crippen LogP contribution in [0.3, 0.4) is 0 Å². The fraction of sp³-hybridized carbons (Fsp3) is 0.439. The van der Waals surface area contributed by atoms with E-state index in [2.05, 4.69) is 41.8 Å². The Labute approximate surface area is 308 Å². The third-order valence-electron chi connectivity index (χ3n) is 8.94. The summed E-state index contributed by atoms with van der Waals surface area (Å²) in [7, 11) is 0. The maximum absolute atomic E-state index is 13.7. The quantitative estimate of drug-likeness (QED) is 0.0984. The van der Waals surface area contributed by atoms with Gasteiger partial charge in [-0.15, -0.1) is 0 Å². The number of amides is 3. The number of Topliss-reactive ketones (excluding diaryl/α,β-unsaturated/α-hetero) is 1. The van der Waals surface area contributed by atoms with Gasteiger partial charge in [0.25, 0.3) is 5.91 Å². The van der Waals surface area contributed by atoms with Crippen LogP contribution in [0.1, 0.15) is 89.2 Å². The molecule has 1 fully saturated rings. The number of benzene rings is 3. The number of carbonyl (C=O) groups is 5. The largest absolute Gasteiger partial charge is 0.506 e. The molecular weight excluding hydrogens is 660 g/mol. The summed E-state index contributed by atoms with van der Waals surface area (Å²) >= 11 is 0. The summed E-state index contributed by atoms with van der Waals surface area (Å²) in [6.45, 7) is 14.8. The first-order chi connectivity index (χ1) is 24.6. The Morgan fingerprint density at radius 3 is 2.08 bits per heavy atom. The number of hydrogen-bond acceptors (Lipinski definition) is 8. The molecule has 3 amide bonds. The number of nitrogens with zero attached hydrogens (tertiary/aromatic N) is 1. The molecule has 1 heterocycles. The first-order valence-corrected chi connectivity index (χ1v) is 17.9. The molecule has 0 aliphatic carbocycles. The Balaban J connectivity index is 0.000000556. The van der Waals surface area contributed by atoms with Crippen LogP contribution in [0.5, 0.6) is 5.75 Å². The molecule has 5 N–H and O–H groups in total. The van der Waals surface area contributed by atoms with Crippen LogP contribution >= 0.6 is 0 Å². The number of ketones is 1. The normalized spacial score (nSPS) is 15.8. The first-order valence-electron chi connectivity index (χ1n) is 17.9. The Morgan fingerprint density at radius 1 is 0.942 bits per heavy atom. The SMILES string of the molecule is CC(=O)C(C)C.CCC(NC(=O)c1ccc(O)c(N)c1)C(=O)N(CC(=O)NC1CC(=O)OC1C(C)CC)c1ccccc1C.CCc1ccccc1. The lowest BCUT2D eigenvalue weighted by atomic mass is 9.95. The molecule has 3 aromatic carbocycles. The molecular formula is C41H56N4O7. The van der Waals surface area contributed by atoms with Crippen molar-refractivity contribution in [3.63, 3.8) is 0 Å². The third-order valence-corrected chi connectivity index (χ3v) is 8.94. The lowest BCUT2D eigenvalue weighted by molar-refractivity contribution is -0.143. The fourth-order valence-corrected chi connectivity index (χ4v) is 5.18. The van der Waals surface area contributed by atoms with Gasteiger partial charge in [-0.2, -0.15) is 0 Å². The van der Waals surface area contributed by atoms with E-state index in [4.69, 9.17) is 10.5 Å². The smallest absolute Gasteiger partial charge is 0.308 e. The molecule has 52 heavy (non-hydrogen) atoms. The number of aryl methyl sites for hydroxylation is 2. The summed E-state index contributed by atoms with van der Waals surface area (Å²) in [5.74, 6) is -1.42. The summed E-state index contributed by atoms with van der Waals surface area (Å²) in [4.78, 5) is 63.3. The molecule has 0 radical (unpaired) electrons. The van der Waals surface area contributed by atoms with E-state index >= 15 is 0 Å². The number of nitrogens with one attached hydrogen (secondary N) is 2. The highest BCUT2D eigenvalue weighted by molar-refractivity contribution is 6.05. The second-order valence-electron chi connectivity index (χ2n) is 13.2. The van der Waals surface area contributed by atoms with E-state index in [-0.39, 0.29) is 60.0 Å². The standard InChI is InChI=1S/C28H36N4O6.C8H10.C5H10O/c1-5-16(3)26-21(14-25(35)38-26)30-24(34)15-32(22-10-8-7-9-17(22)4)28(37)20(6-2)31-27(36)18-11-12-23(33)19(29)13-18;1-2-8-6-4-3-5-7-8;1-4(2)5(3)6/h7-13,16,20-21,26,33H,5-6,14-15,29H2,1-4H3,(H,30,34)(H,31,36);3-7H,2H2,1H3;4H,1-3H3. The van der Waals surface area contributed by atoms with Crippen LogP contribution in [-0.2, 0) is 30.3 Å². The molecule has 3 aromatic rings. The molecule has 11 nitrogen and oxygen atoms in total. The topological polar surface area (TPSA) is 168 Å². The molecule has 0 spiro atoms. The summed E-state index contributed by atoms with van der Waals surface area (Å²) in [6.07, 6.45) is 1.83.